The fourth-order valence-corrected chi connectivity index (χ4v) is 4.92. The molecule has 252 valence electrons. The quantitative estimate of drug-likeness (QED) is 0.0832. The van der Waals surface area contributed by atoms with Crippen LogP contribution in [0.2, 0.25) is 0 Å². The number of carboxylic acid groups (broad SMARTS) is 2. The third-order valence-electron chi connectivity index (χ3n) is 6.99. The van der Waals surface area contributed by atoms with Gasteiger partial charge in [-0.25, -0.2) is 9.59 Å². The highest BCUT2D eigenvalue weighted by Crippen LogP contribution is 2.37. The Morgan fingerprint density at radius 1 is 0.841 bits per heavy atom. The van der Waals surface area contributed by atoms with Gasteiger partial charge in [-0.2, -0.15) is 0 Å². The molecule has 0 aromatic heterocycles. The van der Waals surface area contributed by atoms with Crippen LogP contribution in [0.5, 0.6) is 0 Å². The van der Waals surface area contributed by atoms with Gasteiger partial charge in [0.15, 0.2) is 0 Å². The standard InChI is InChI=1S/C24H38N2O18/c1-8(28)25-15-11(31)4-23(40,21(36)37)43-20(15)18(35)14(6-27)42-24(22(38)39)5-12(32)16(26-9(2)29)19(44-24)17(34)13(33)7-41-10(3)30/h11-20,27,31-35,40H,4-7H2,1-3H3,(H,25,28)(H,26,29)(H,36,37)(H,38,39)/t11-,12-,13+,14+,15+,16+,17+,18+,19+,20+,23+,24+/m0/s1. The number of rotatable bonds is 13. The van der Waals surface area contributed by atoms with Crippen molar-refractivity contribution in [1.82, 2.24) is 10.6 Å². The Labute approximate surface area is 249 Å². The van der Waals surface area contributed by atoms with Crippen molar-refractivity contribution in [3.05, 3.63) is 0 Å². The Morgan fingerprint density at radius 3 is 1.77 bits per heavy atom. The molecule has 0 radical (unpaired) electrons. The number of ether oxygens (including phenoxy) is 4. The van der Waals surface area contributed by atoms with E-state index in [1.807, 2.05) is 0 Å². The van der Waals surface area contributed by atoms with Crippen LogP contribution < -0.4 is 10.6 Å². The van der Waals surface area contributed by atoms with Gasteiger partial charge in [-0.1, -0.05) is 0 Å². The predicted octanol–water partition coefficient (Wildman–Crippen LogP) is -6.13. The molecule has 11 N–H and O–H groups in total. The molecule has 2 aliphatic heterocycles. The average molecular weight is 643 g/mol. The molecule has 2 aliphatic rings. The molecule has 20 nitrogen and oxygen atoms in total. The fourth-order valence-electron chi connectivity index (χ4n) is 4.92. The summed E-state index contributed by atoms with van der Waals surface area (Å²) in [6.45, 7) is 0.906. The number of esters is 1. The van der Waals surface area contributed by atoms with Crippen molar-refractivity contribution in [1.29, 1.82) is 0 Å². The second kappa shape index (κ2) is 14.8. The van der Waals surface area contributed by atoms with Crippen LogP contribution in [0.4, 0.5) is 0 Å². The zero-order valence-corrected chi connectivity index (χ0v) is 23.8. The molecule has 2 fully saturated rings. The van der Waals surface area contributed by atoms with Gasteiger partial charge < -0.3 is 75.5 Å². The Hall–Kier alpha value is -3.05. The highest BCUT2D eigenvalue weighted by atomic mass is 16.7. The molecule has 12 atom stereocenters. The first-order chi connectivity index (χ1) is 20.3. The van der Waals surface area contributed by atoms with Gasteiger partial charge in [0.1, 0.15) is 43.2 Å². The minimum Gasteiger partial charge on any atom is -0.477 e. The Bertz CT molecular complexity index is 1080. The average Bonchev–Trinajstić information content (AvgIpc) is 2.91. The summed E-state index contributed by atoms with van der Waals surface area (Å²) >= 11 is 0. The van der Waals surface area contributed by atoms with Gasteiger partial charge >= 0.3 is 17.9 Å². The second-order valence-corrected chi connectivity index (χ2v) is 10.5. The van der Waals surface area contributed by atoms with Crippen LogP contribution in [0.3, 0.4) is 0 Å². The van der Waals surface area contributed by atoms with Gasteiger partial charge in [-0.05, 0) is 0 Å². The molecule has 0 bridgehead atoms. The van der Waals surface area contributed by atoms with Crippen molar-refractivity contribution < 1.29 is 88.9 Å². The molecule has 0 unspecified atom stereocenters. The van der Waals surface area contributed by atoms with Gasteiger partial charge in [0, 0.05) is 33.6 Å². The summed E-state index contributed by atoms with van der Waals surface area (Å²) in [6, 6.07) is -3.22. The van der Waals surface area contributed by atoms with Crippen LogP contribution in [-0.2, 0) is 42.9 Å². The molecule has 20 heteroatoms. The highest BCUT2D eigenvalue weighted by molar-refractivity contribution is 5.77. The van der Waals surface area contributed by atoms with Gasteiger partial charge in [-0.3, -0.25) is 14.4 Å². The number of carbonyl (C=O) groups is 5. The number of hydrogen-bond donors (Lipinski definition) is 11. The number of carbonyl (C=O) groups excluding carboxylic acids is 3. The Balaban J connectivity index is 2.50. The van der Waals surface area contributed by atoms with Crippen molar-refractivity contribution in [2.45, 2.75) is 106 Å². The first kappa shape index (κ1) is 37.1. The van der Waals surface area contributed by atoms with Crippen LogP contribution in [0.25, 0.3) is 0 Å². The molecule has 0 spiro atoms. The SMILES string of the molecule is CC(=O)N[C@H]1[C@H]([C@H](O)[C@H](O)COC(C)=O)O[C@@](O[C@H](CO)[C@@H](O)[C@@H]2O[C@@](O)(C(=O)O)C[C@H](O)[C@H]2NC(C)=O)(C(=O)O)C[C@@H]1O. The number of aliphatic hydroxyl groups excluding tert-OH is 6. The Morgan fingerprint density at radius 2 is 1.34 bits per heavy atom. The molecule has 2 amide bonds. The van der Waals surface area contributed by atoms with Crippen molar-refractivity contribution in [2.75, 3.05) is 13.2 Å². The van der Waals surface area contributed by atoms with Gasteiger partial charge in [0.2, 0.25) is 11.8 Å². The van der Waals surface area contributed by atoms with E-state index < -0.39 is 128 Å². The van der Waals surface area contributed by atoms with Gasteiger partial charge in [0.05, 0.1) is 30.9 Å². The van der Waals surface area contributed by atoms with E-state index in [9.17, 15) is 69.9 Å². The molecular formula is C24H38N2O18. The van der Waals surface area contributed by atoms with Crippen molar-refractivity contribution in [3.63, 3.8) is 0 Å². The molecule has 2 saturated heterocycles. The van der Waals surface area contributed by atoms with E-state index in [1.165, 1.54) is 0 Å². The van der Waals surface area contributed by atoms with Crippen molar-refractivity contribution in [3.8, 4) is 0 Å². The Kier molecular flexibility index (Phi) is 12.5. The molecule has 0 aliphatic carbocycles. The van der Waals surface area contributed by atoms with E-state index in [0.717, 1.165) is 20.8 Å². The summed E-state index contributed by atoms with van der Waals surface area (Å²) in [5.41, 5.74) is 0. The lowest BCUT2D eigenvalue weighted by molar-refractivity contribution is -0.342. The van der Waals surface area contributed by atoms with E-state index in [2.05, 4.69) is 15.4 Å². The monoisotopic (exact) mass is 642 g/mol. The third-order valence-corrected chi connectivity index (χ3v) is 6.99. The lowest BCUT2D eigenvalue weighted by Crippen LogP contribution is -2.70. The summed E-state index contributed by atoms with van der Waals surface area (Å²) < 4.78 is 20.7. The molecular weight excluding hydrogens is 604 g/mol. The second-order valence-electron chi connectivity index (χ2n) is 10.5. The third kappa shape index (κ3) is 8.56. The summed E-state index contributed by atoms with van der Waals surface area (Å²) in [7, 11) is 0. The summed E-state index contributed by atoms with van der Waals surface area (Å²) in [5, 5.41) is 98.0. The maximum Gasteiger partial charge on any atom is 0.364 e. The van der Waals surface area contributed by atoms with E-state index >= 15 is 0 Å². The fraction of sp³-hybridized carbons (Fsp3) is 0.792. The lowest BCUT2D eigenvalue weighted by atomic mass is 9.87. The summed E-state index contributed by atoms with van der Waals surface area (Å²) in [6.07, 6.45) is -18.4. The number of aliphatic carboxylic acids is 2. The first-order valence-electron chi connectivity index (χ1n) is 13.2. The maximum absolute atomic E-state index is 12.5. The van der Waals surface area contributed by atoms with Crippen LogP contribution in [0, 0.1) is 0 Å². The number of carboxylic acids is 2. The molecule has 44 heavy (non-hydrogen) atoms. The van der Waals surface area contributed by atoms with E-state index in [0.29, 0.717) is 0 Å². The summed E-state index contributed by atoms with van der Waals surface area (Å²) in [4.78, 5) is 58.9. The normalized spacial score (nSPS) is 35.0. The van der Waals surface area contributed by atoms with Crippen LogP contribution in [0.1, 0.15) is 33.6 Å². The minimum atomic E-state index is -3.11. The largest absolute Gasteiger partial charge is 0.477 e. The first-order valence-corrected chi connectivity index (χ1v) is 13.2. The van der Waals surface area contributed by atoms with Gasteiger partial charge in [-0.15, -0.1) is 0 Å². The summed E-state index contributed by atoms with van der Waals surface area (Å²) in [5.74, 6) is -12.6. The smallest absolute Gasteiger partial charge is 0.364 e. The van der Waals surface area contributed by atoms with Crippen molar-refractivity contribution in [2.24, 2.45) is 0 Å². The van der Waals surface area contributed by atoms with E-state index in [1.54, 1.807) is 0 Å². The lowest BCUT2D eigenvalue weighted by Gasteiger charge is -2.49. The number of amides is 2. The molecule has 2 rings (SSSR count). The maximum atomic E-state index is 12.5. The van der Waals surface area contributed by atoms with Crippen LogP contribution in [-0.4, -0.2) is 161 Å². The highest BCUT2D eigenvalue weighted by Gasteiger charge is 2.59. The molecule has 2 heterocycles. The minimum absolute atomic E-state index is 0.778. The van der Waals surface area contributed by atoms with Gasteiger partial charge in [0.25, 0.3) is 11.6 Å². The topological polar surface area (TPSA) is 328 Å². The zero-order valence-electron chi connectivity index (χ0n) is 23.8. The van der Waals surface area contributed by atoms with E-state index in [4.69, 9.17) is 14.2 Å². The van der Waals surface area contributed by atoms with Crippen molar-refractivity contribution >= 4 is 29.7 Å². The number of nitrogens with one attached hydrogen (secondary N) is 2. The van der Waals surface area contributed by atoms with Crippen LogP contribution >= 0.6 is 0 Å². The predicted molar refractivity (Wildman–Crippen MR) is 136 cm³/mol. The number of aliphatic hydroxyl groups is 7. The molecule has 0 aromatic rings. The van der Waals surface area contributed by atoms with E-state index in [-0.39, 0.29) is 0 Å². The zero-order chi connectivity index (χ0) is 33.7. The number of hydrogen-bond acceptors (Lipinski definition) is 16. The van der Waals surface area contributed by atoms with Crippen LogP contribution in [0.15, 0.2) is 0 Å². The molecule has 0 aromatic carbocycles. The molecule has 0 saturated carbocycles.